The molecule has 0 unspecified atom stereocenters. The lowest BCUT2D eigenvalue weighted by Crippen LogP contribution is -1.87. The molecule has 0 spiro atoms. The summed E-state index contributed by atoms with van der Waals surface area (Å²) in [7, 11) is 0. The molecule has 0 aliphatic heterocycles. The van der Waals surface area contributed by atoms with E-state index in [1.54, 1.807) is 0 Å². The van der Waals surface area contributed by atoms with Crippen LogP contribution in [0.15, 0.2) is 23.6 Å². The molecule has 1 heterocycles. The zero-order valence-corrected chi connectivity index (χ0v) is 9.14. The van der Waals surface area contributed by atoms with Crippen LogP contribution in [0.3, 0.4) is 0 Å². The summed E-state index contributed by atoms with van der Waals surface area (Å²) in [4.78, 5) is 4.24. The third kappa shape index (κ3) is 1.85. The largest absolute Gasteiger partial charge is 0.375 e. The predicted molar refractivity (Wildman–Crippen MR) is 64.6 cm³/mol. The Labute approximate surface area is 92.8 Å². The number of thiazole rings is 1. The van der Waals surface area contributed by atoms with E-state index >= 15 is 0 Å². The Hall–Kier alpha value is -1.79. The molecule has 1 aromatic carbocycles. The second kappa shape index (κ2) is 3.76. The van der Waals surface area contributed by atoms with Crippen molar-refractivity contribution in [1.82, 2.24) is 4.98 Å². The van der Waals surface area contributed by atoms with Gasteiger partial charge in [0.1, 0.15) is 0 Å². The molecule has 0 saturated heterocycles. The zero-order chi connectivity index (χ0) is 10.8. The van der Waals surface area contributed by atoms with Gasteiger partial charge < -0.3 is 5.73 Å². The molecule has 2 nitrogen and oxygen atoms in total. The standard InChI is InChI=1S/C12H10N2S/c1-3-9-5-4-8(2)10(6-9)11-7-15-12(13)14-11/h1,4-7H,2H3,(H2,13,14). The first-order chi connectivity index (χ1) is 7.20. The topological polar surface area (TPSA) is 38.9 Å². The van der Waals surface area contributed by atoms with Crippen molar-refractivity contribution >= 4 is 16.5 Å². The van der Waals surface area contributed by atoms with Crippen LogP contribution in [0.5, 0.6) is 0 Å². The van der Waals surface area contributed by atoms with Crippen LogP contribution in [0.4, 0.5) is 5.13 Å². The van der Waals surface area contributed by atoms with E-state index in [0.717, 1.165) is 22.4 Å². The maximum atomic E-state index is 5.60. The highest BCUT2D eigenvalue weighted by molar-refractivity contribution is 7.13. The van der Waals surface area contributed by atoms with Crippen molar-refractivity contribution in [2.24, 2.45) is 0 Å². The third-order valence-corrected chi connectivity index (χ3v) is 2.88. The molecule has 74 valence electrons. The van der Waals surface area contributed by atoms with Crippen LogP contribution in [0, 0.1) is 19.3 Å². The molecule has 2 rings (SSSR count). The average molecular weight is 214 g/mol. The number of terminal acetylenes is 1. The number of aryl methyl sites for hydroxylation is 1. The lowest BCUT2D eigenvalue weighted by Gasteiger charge is -2.02. The molecule has 3 heteroatoms. The van der Waals surface area contributed by atoms with Gasteiger partial charge in [-0.15, -0.1) is 17.8 Å². The Morgan fingerprint density at radius 1 is 1.47 bits per heavy atom. The monoisotopic (exact) mass is 214 g/mol. The fraction of sp³-hybridized carbons (Fsp3) is 0.0833. The number of nitrogens with two attached hydrogens (primary N) is 1. The van der Waals surface area contributed by atoms with Gasteiger partial charge in [-0.2, -0.15) is 0 Å². The second-order valence-corrected chi connectivity index (χ2v) is 4.13. The van der Waals surface area contributed by atoms with Gasteiger partial charge in [-0.25, -0.2) is 4.98 Å². The molecule has 0 atom stereocenters. The van der Waals surface area contributed by atoms with Crippen molar-refractivity contribution in [1.29, 1.82) is 0 Å². The van der Waals surface area contributed by atoms with Crippen molar-refractivity contribution in [3.8, 4) is 23.6 Å². The Balaban J connectivity index is 2.57. The van der Waals surface area contributed by atoms with Crippen LogP contribution < -0.4 is 5.73 Å². The van der Waals surface area contributed by atoms with Crippen LogP contribution in [-0.4, -0.2) is 4.98 Å². The highest BCUT2D eigenvalue weighted by Gasteiger charge is 2.06. The summed E-state index contributed by atoms with van der Waals surface area (Å²) in [6.45, 7) is 2.03. The minimum absolute atomic E-state index is 0.579. The lowest BCUT2D eigenvalue weighted by atomic mass is 10.0. The summed E-state index contributed by atoms with van der Waals surface area (Å²) in [5, 5.41) is 2.52. The van der Waals surface area contributed by atoms with Crippen LogP contribution >= 0.6 is 11.3 Å². The number of nitrogens with zero attached hydrogens (tertiary/aromatic N) is 1. The smallest absolute Gasteiger partial charge is 0.180 e. The van der Waals surface area contributed by atoms with E-state index in [-0.39, 0.29) is 0 Å². The molecule has 0 aliphatic carbocycles. The van der Waals surface area contributed by atoms with Crippen LogP contribution in [0.2, 0.25) is 0 Å². The number of hydrogen-bond donors (Lipinski definition) is 1. The van der Waals surface area contributed by atoms with Crippen molar-refractivity contribution in [2.45, 2.75) is 6.92 Å². The molecule has 0 saturated carbocycles. The number of benzene rings is 1. The fourth-order valence-corrected chi connectivity index (χ4v) is 1.96. The highest BCUT2D eigenvalue weighted by Crippen LogP contribution is 2.26. The molecular formula is C12H10N2S. The molecule has 0 aliphatic rings. The van der Waals surface area contributed by atoms with Gasteiger partial charge in [-0.1, -0.05) is 12.0 Å². The number of aromatic nitrogens is 1. The van der Waals surface area contributed by atoms with E-state index in [0.29, 0.717) is 5.13 Å². The summed E-state index contributed by atoms with van der Waals surface area (Å²) in [5.74, 6) is 2.62. The number of nitrogen functional groups attached to an aromatic ring is 1. The summed E-state index contributed by atoms with van der Waals surface area (Å²) in [6.07, 6.45) is 5.36. The van der Waals surface area contributed by atoms with E-state index in [1.165, 1.54) is 11.3 Å². The molecule has 0 bridgehead atoms. The SMILES string of the molecule is C#Cc1ccc(C)c(-c2csc(N)n2)c1. The second-order valence-electron chi connectivity index (χ2n) is 3.25. The zero-order valence-electron chi connectivity index (χ0n) is 8.32. The summed E-state index contributed by atoms with van der Waals surface area (Å²) < 4.78 is 0. The Morgan fingerprint density at radius 3 is 2.87 bits per heavy atom. The van der Waals surface area contributed by atoms with E-state index in [4.69, 9.17) is 12.2 Å². The molecule has 0 radical (unpaired) electrons. The molecule has 0 fully saturated rings. The van der Waals surface area contributed by atoms with Gasteiger partial charge in [-0.3, -0.25) is 0 Å². The minimum Gasteiger partial charge on any atom is -0.375 e. The van der Waals surface area contributed by atoms with Gasteiger partial charge in [0.2, 0.25) is 0 Å². The van der Waals surface area contributed by atoms with Gasteiger partial charge in [0.05, 0.1) is 5.69 Å². The van der Waals surface area contributed by atoms with E-state index in [2.05, 4.69) is 10.9 Å². The number of anilines is 1. The van der Waals surface area contributed by atoms with Crippen LogP contribution in [0.25, 0.3) is 11.3 Å². The van der Waals surface area contributed by atoms with Gasteiger partial charge in [0, 0.05) is 16.5 Å². The van der Waals surface area contributed by atoms with Crippen LogP contribution in [-0.2, 0) is 0 Å². The first-order valence-corrected chi connectivity index (χ1v) is 5.37. The molecule has 15 heavy (non-hydrogen) atoms. The van der Waals surface area contributed by atoms with Gasteiger partial charge in [0.25, 0.3) is 0 Å². The van der Waals surface area contributed by atoms with E-state index in [1.807, 2.05) is 30.5 Å². The van der Waals surface area contributed by atoms with Crippen LogP contribution in [0.1, 0.15) is 11.1 Å². The minimum atomic E-state index is 0.579. The summed E-state index contributed by atoms with van der Waals surface area (Å²) in [6, 6.07) is 5.89. The summed E-state index contributed by atoms with van der Waals surface area (Å²) >= 11 is 1.44. The summed E-state index contributed by atoms with van der Waals surface area (Å²) in [5.41, 5.74) is 9.57. The quantitative estimate of drug-likeness (QED) is 0.741. The Morgan fingerprint density at radius 2 is 2.27 bits per heavy atom. The number of rotatable bonds is 1. The predicted octanol–water partition coefficient (Wildman–Crippen LogP) is 2.68. The van der Waals surface area contributed by atoms with E-state index in [9.17, 15) is 0 Å². The lowest BCUT2D eigenvalue weighted by molar-refractivity contribution is 1.37. The third-order valence-electron chi connectivity index (χ3n) is 2.20. The first kappa shape index (κ1) is 9.75. The fourth-order valence-electron chi connectivity index (χ4n) is 1.40. The van der Waals surface area contributed by atoms with Crippen molar-refractivity contribution < 1.29 is 0 Å². The molecule has 1 aromatic heterocycles. The maximum absolute atomic E-state index is 5.60. The van der Waals surface area contributed by atoms with Gasteiger partial charge in [-0.05, 0) is 24.6 Å². The van der Waals surface area contributed by atoms with Crippen molar-refractivity contribution in [2.75, 3.05) is 5.73 Å². The molecule has 2 N–H and O–H groups in total. The van der Waals surface area contributed by atoms with Gasteiger partial charge >= 0.3 is 0 Å². The Bertz CT molecular complexity index is 535. The van der Waals surface area contributed by atoms with E-state index < -0.39 is 0 Å². The van der Waals surface area contributed by atoms with Crippen molar-refractivity contribution in [3.63, 3.8) is 0 Å². The first-order valence-electron chi connectivity index (χ1n) is 4.49. The molecule has 2 aromatic rings. The average Bonchev–Trinajstić information content (AvgIpc) is 2.65. The Kier molecular flexibility index (Phi) is 2.44. The maximum Gasteiger partial charge on any atom is 0.180 e. The number of hydrogen-bond acceptors (Lipinski definition) is 3. The highest BCUT2D eigenvalue weighted by atomic mass is 32.1. The normalized spacial score (nSPS) is 9.87. The molecular weight excluding hydrogens is 204 g/mol. The molecule has 0 amide bonds. The van der Waals surface area contributed by atoms with Crippen molar-refractivity contribution in [3.05, 3.63) is 34.7 Å². The van der Waals surface area contributed by atoms with Gasteiger partial charge in [0.15, 0.2) is 5.13 Å².